The van der Waals surface area contributed by atoms with Crippen LogP contribution < -0.4 is 0 Å². The van der Waals surface area contributed by atoms with Gasteiger partial charge in [0.1, 0.15) is 6.61 Å². The van der Waals surface area contributed by atoms with Crippen LogP contribution in [0.3, 0.4) is 0 Å². The molecule has 0 aliphatic carbocycles. The molecule has 1 atom stereocenters. The minimum Gasteiger partial charge on any atom is -0.445 e. The number of hydrogen-bond acceptors (Lipinski definition) is 4. The van der Waals surface area contributed by atoms with Crippen molar-refractivity contribution in [3.63, 3.8) is 0 Å². The maximum absolute atomic E-state index is 11.8. The minimum atomic E-state index is -0.304. The van der Waals surface area contributed by atoms with Crippen LogP contribution in [-0.2, 0) is 16.1 Å². The third-order valence-corrected chi connectivity index (χ3v) is 3.16. The van der Waals surface area contributed by atoms with E-state index >= 15 is 0 Å². The molecule has 5 nitrogen and oxygen atoms in total. The topological polar surface area (TPSA) is 59.0 Å². The quantitative estimate of drug-likeness (QED) is 0.614. The second kappa shape index (κ2) is 6.71. The van der Waals surface area contributed by atoms with Gasteiger partial charge < -0.3 is 9.64 Å². The lowest BCUT2D eigenvalue weighted by Crippen LogP contribution is -2.29. The molecule has 1 amide bonds. The van der Waals surface area contributed by atoms with Gasteiger partial charge in [-0.3, -0.25) is 0 Å². The van der Waals surface area contributed by atoms with Gasteiger partial charge in [-0.15, -0.1) is 0 Å². The lowest BCUT2D eigenvalue weighted by atomic mass is 10.1. The highest BCUT2D eigenvalue weighted by molar-refractivity contribution is 5.68. The second-order valence-corrected chi connectivity index (χ2v) is 4.57. The molecule has 0 saturated carbocycles. The van der Waals surface area contributed by atoms with Gasteiger partial charge in [0.2, 0.25) is 6.08 Å². The SMILES string of the molecule is O=C=NCC1CCN(C(=O)OCc2ccccc2)C1. The van der Waals surface area contributed by atoms with Gasteiger partial charge in [0.15, 0.2) is 0 Å². The summed E-state index contributed by atoms with van der Waals surface area (Å²) < 4.78 is 5.24. The molecule has 5 heteroatoms. The highest BCUT2D eigenvalue weighted by Crippen LogP contribution is 2.17. The van der Waals surface area contributed by atoms with Crippen LogP contribution in [0.15, 0.2) is 35.3 Å². The summed E-state index contributed by atoms with van der Waals surface area (Å²) in [6.07, 6.45) is 2.07. The number of nitrogens with zero attached hydrogens (tertiary/aromatic N) is 2. The summed E-state index contributed by atoms with van der Waals surface area (Å²) in [5.41, 5.74) is 0.970. The Hall–Kier alpha value is -2.13. The molecule has 0 spiro atoms. The number of isocyanates is 1. The predicted octanol–water partition coefficient (Wildman–Crippen LogP) is 1.98. The van der Waals surface area contributed by atoms with E-state index in [9.17, 15) is 9.59 Å². The van der Waals surface area contributed by atoms with Crippen LogP contribution >= 0.6 is 0 Å². The normalized spacial score (nSPS) is 17.9. The molecule has 1 saturated heterocycles. The molecular formula is C14H16N2O3. The Labute approximate surface area is 111 Å². The van der Waals surface area contributed by atoms with Crippen LogP contribution in [0, 0.1) is 5.92 Å². The van der Waals surface area contributed by atoms with Crippen molar-refractivity contribution in [3.05, 3.63) is 35.9 Å². The zero-order chi connectivity index (χ0) is 13.5. The molecule has 1 aliphatic heterocycles. The van der Waals surface area contributed by atoms with E-state index < -0.39 is 0 Å². The van der Waals surface area contributed by atoms with E-state index in [1.165, 1.54) is 6.08 Å². The summed E-state index contributed by atoms with van der Waals surface area (Å²) in [6, 6.07) is 9.57. The average Bonchev–Trinajstić information content (AvgIpc) is 2.92. The largest absolute Gasteiger partial charge is 0.445 e. The number of amides is 1. The fourth-order valence-electron chi connectivity index (χ4n) is 2.12. The van der Waals surface area contributed by atoms with Crippen molar-refractivity contribution in [2.45, 2.75) is 13.0 Å². The Balaban J connectivity index is 1.77. The molecule has 0 bridgehead atoms. The molecule has 100 valence electrons. The molecule has 1 heterocycles. The molecule has 1 fully saturated rings. The Bertz CT molecular complexity index is 469. The average molecular weight is 260 g/mol. The van der Waals surface area contributed by atoms with Crippen molar-refractivity contribution in [3.8, 4) is 0 Å². The number of hydrogen-bond donors (Lipinski definition) is 0. The lowest BCUT2D eigenvalue weighted by Gasteiger charge is -2.15. The molecule has 1 unspecified atom stereocenters. The van der Waals surface area contributed by atoms with Gasteiger partial charge in [-0.25, -0.2) is 14.6 Å². The van der Waals surface area contributed by atoms with E-state index in [1.54, 1.807) is 4.90 Å². The number of ether oxygens (including phenoxy) is 1. The molecule has 1 aliphatic rings. The molecule has 2 rings (SSSR count). The number of carbonyl (C=O) groups is 1. The van der Waals surface area contributed by atoms with Crippen LogP contribution in [0.1, 0.15) is 12.0 Å². The first-order chi connectivity index (χ1) is 9.29. The Morgan fingerprint density at radius 3 is 2.95 bits per heavy atom. The van der Waals surface area contributed by atoms with E-state index in [4.69, 9.17) is 4.74 Å². The summed E-state index contributed by atoms with van der Waals surface area (Å²) >= 11 is 0. The summed E-state index contributed by atoms with van der Waals surface area (Å²) in [5.74, 6) is 0.241. The van der Waals surface area contributed by atoms with Gasteiger partial charge in [-0.1, -0.05) is 30.3 Å². The number of aliphatic imine (C=N–C) groups is 1. The van der Waals surface area contributed by atoms with Gasteiger partial charge >= 0.3 is 6.09 Å². The predicted molar refractivity (Wildman–Crippen MR) is 69.3 cm³/mol. The molecule has 0 aromatic heterocycles. The molecule has 0 radical (unpaired) electrons. The van der Waals surface area contributed by atoms with Gasteiger partial charge in [0.05, 0.1) is 6.54 Å². The first-order valence-electron chi connectivity index (χ1n) is 6.29. The fourth-order valence-corrected chi connectivity index (χ4v) is 2.12. The van der Waals surface area contributed by atoms with Crippen LogP contribution in [0.2, 0.25) is 0 Å². The van der Waals surface area contributed by atoms with Crippen molar-refractivity contribution in [1.82, 2.24) is 4.90 Å². The minimum absolute atomic E-state index is 0.241. The van der Waals surface area contributed by atoms with Crippen LogP contribution in [0.5, 0.6) is 0 Å². The maximum atomic E-state index is 11.8. The van der Waals surface area contributed by atoms with E-state index in [0.717, 1.165) is 12.0 Å². The van der Waals surface area contributed by atoms with Crippen LogP contribution in [0.4, 0.5) is 4.79 Å². The van der Waals surface area contributed by atoms with Crippen LogP contribution in [0.25, 0.3) is 0 Å². The van der Waals surface area contributed by atoms with Crippen molar-refractivity contribution in [1.29, 1.82) is 0 Å². The van der Waals surface area contributed by atoms with Crippen molar-refractivity contribution in [2.24, 2.45) is 10.9 Å². The summed E-state index contributed by atoms with van der Waals surface area (Å²) in [7, 11) is 0. The number of rotatable bonds is 4. The smallest absolute Gasteiger partial charge is 0.410 e. The third-order valence-electron chi connectivity index (χ3n) is 3.16. The molecule has 1 aromatic carbocycles. The van der Waals surface area contributed by atoms with Crippen molar-refractivity contribution in [2.75, 3.05) is 19.6 Å². The van der Waals surface area contributed by atoms with Crippen molar-refractivity contribution < 1.29 is 14.3 Å². The van der Waals surface area contributed by atoms with Gasteiger partial charge in [-0.2, -0.15) is 0 Å². The van der Waals surface area contributed by atoms with Crippen LogP contribution in [-0.4, -0.2) is 36.7 Å². The Morgan fingerprint density at radius 2 is 2.21 bits per heavy atom. The Kier molecular flexibility index (Phi) is 4.70. The number of benzene rings is 1. The zero-order valence-corrected chi connectivity index (χ0v) is 10.6. The third kappa shape index (κ3) is 3.93. The highest BCUT2D eigenvalue weighted by Gasteiger charge is 2.26. The molecule has 1 aromatic rings. The fraction of sp³-hybridized carbons (Fsp3) is 0.429. The van der Waals surface area contributed by atoms with Gasteiger partial charge in [0, 0.05) is 13.1 Å². The van der Waals surface area contributed by atoms with Crippen molar-refractivity contribution >= 4 is 12.2 Å². The molecular weight excluding hydrogens is 244 g/mol. The maximum Gasteiger partial charge on any atom is 0.410 e. The summed E-state index contributed by atoms with van der Waals surface area (Å²) in [5, 5.41) is 0. The van der Waals surface area contributed by atoms with E-state index in [-0.39, 0.29) is 18.6 Å². The molecule has 19 heavy (non-hydrogen) atoms. The standard InChI is InChI=1S/C14H16N2O3/c17-11-15-8-13-6-7-16(9-13)14(18)19-10-12-4-2-1-3-5-12/h1-5,13H,6-10H2. The zero-order valence-electron chi connectivity index (χ0n) is 10.6. The van der Waals surface area contributed by atoms with Gasteiger partial charge in [0.25, 0.3) is 0 Å². The summed E-state index contributed by atoms with van der Waals surface area (Å²) in [6.45, 7) is 1.98. The first kappa shape index (κ1) is 13.3. The monoisotopic (exact) mass is 260 g/mol. The molecule has 0 N–H and O–H groups in total. The number of carbonyl (C=O) groups excluding carboxylic acids is 2. The van der Waals surface area contributed by atoms with Gasteiger partial charge in [-0.05, 0) is 17.9 Å². The van der Waals surface area contributed by atoms with E-state index in [2.05, 4.69) is 4.99 Å². The lowest BCUT2D eigenvalue weighted by molar-refractivity contribution is 0.103. The second-order valence-electron chi connectivity index (χ2n) is 4.57. The highest BCUT2D eigenvalue weighted by atomic mass is 16.6. The first-order valence-corrected chi connectivity index (χ1v) is 6.29. The number of likely N-dealkylation sites (tertiary alicyclic amines) is 1. The van der Waals surface area contributed by atoms with E-state index in [1.807, 2.05) is 30.3 Å². The summed E-state index contributed by atoms with van der Waals surface area (Å²) in [4.78, 5) is 27.1. The van der Waals surface area contributed by atoms with E-state index in [0.29, 0.717) is 19.6 Å². The Morgan fingerprint density at radius 1 is 1.42 bits per heavy atom.